The van der Waals surface area contributed by atoms with Gasteiger partial charge in [0.05, 0.1) is 0 Å². The van der Waals surface area contributed by atoms with Crippen LogP contribution in [0, 0.1) is 0 Å². The number of halogens is 4. The second kappa shape index (κ2) is 3.69. The van der Waals surface area contributed by atoms with E-state index in [0.29, 0.717) is 0 Å². The maximum absolute atomic E-state index is 12.2. The van der Waals surface area contributed by atoms with Crippen molar-refractivity contribution in [2.45, 2.75) is 32.1 Å². The van der Waals surface area contributed by atoms with Gasteiger partial charge in [-0.2, -0.15) is 13.2 Å². The monoisotopic (exact) mass is 172 g/mol. The maximum atomic E-state index is 12.2. The van der Waals surface area contributed by atoms with Crippen LogP contribution in [0.25, 0.3) is 0 Å². The number of hydrogen-bond acceptors (Lipinski definition) is 1. The Balaban J connectivity index is 4.03. The lowest BCUT2D eigenvalue weighted by Gasteiger charge is -2.07. The van der Waals surface area contributed by atoms with Crippen molar-refractivity contribution < 1.29 is 22.4 Å². The summed E-state index contributed by atoms with van der Waals surface area (Å²) in [4.78, 5) is 10.1. The minimum Gasteiger partial charge on any atom is -0.286 e. The SMILES string of the molecule is CCCC(F)C(=O)C(F)(F)F. The van der Waals surface area contributed by atoms with E-state index < -0.39 is 18.1 Å². The van der Waals surface area contributed by atoms with E-state index in [1.165, 1.54) is 6.92 Å². The molecule has 0 aliphatic heterocycles. The van der Waals surface area contributed by atoms with Crippen LogP contribution in [0.15, 0.2) is 0 Å². The Hall–Kier alpha value is -0.610. The first kappa shape index (κ1) is 10.4. The minimum absolute atomic E-state index is 0.225. The second-order valence-corrected chi connectivity index (χ2v) is 2.12. The van der Waals surface area contributed by atoms with E-state index >= 15 is 0 Å². The lowest BCUT2D eigenvalue weighted by atomic mass is 10.1. The van der Waals surface area contributed by atoms with E-state index in [2.05, 4.69) is 0 Å². The van der Waals surface area contributed by atoms with E-state index in [9.17, 15) is 22.4 Å². The van der Waals surface area contributed by atoms with E-state index in [-0.39, 0.29) is 12.8 Å². The fraction of sp³-hybridized carbons (Fsp3) is 0.833. The van der Waals surface area contributed by atoms with Gasteiger partial charge >= 0.3 is 6.18 Å². The Morgan fingerprint density at radius 2 is 1.91 bits per heavy atom. The van der Waals surface area contributed by atoms with Crippen LogP contribution in [0.2, 0.25) is 0 Å². The molecule has 0 aliphatic carbocycles. The molecule has 0 saturated carbocycles. The van der Waals surface area contributed by atoms with Crippen LogP contribution in [-0.2, 0) is 4.79 Å². The number of alkyl halides is 4. The van der Waals surface area contributed by atoms with Crippen molar-refractivity contribution in [1.82, 2.24) is 0 Å². The molecule has 66 valence electrons. The molecule has 1 unspecified atom stereocenters. The van der Waals surface area contributed by atoms with Crippen molar-refractivity contribution in [3.05, 3.63) is 0 Å². The summed E-state index contributed by atoms with van der Waals surface area (Å²) in [6.45, 7) is 1.51. The summed E-state index contributed by atoms with van der Waals surface area (Å²) >= 11 is 0. The number of hydrogen-bond donors (Lipinski definition) is 0. The normalized spacial score (nSPS) is 14.6. The van der Waals surface area contributed by atoms with Crippen LogP contribution < -0.4 is 0 Å². The molecule has 0 spiro atoms. The van der Waals surface area contributed by atoms with Crippen LogP contribution in [0.1, 0.15) is 19.8 Å². The predicted octanol–water partition coefficient (Wildman–Crippen LogP) is 2.26. The summed E-state index contributed by atoms with van der Waals surface area (Å²) < 4.78 is 46.5. The van der Waals surface area contributed by atoms with Gasteiger partial charge in [-0.25, -0.2) is 4.39 Å². The molecule has 0 saturated heterocycles. The highest BCUT2D eigenvalue weighted by Crippen LogP contribution is 2.21. The van der Waals surface area contributed by atoms with Gasteiger partial charge in [0.1, 0.15) is 0 Å². The molecule has 0 amide bonds. The molecule has 1 nitrogen and oxygen atoms in total. The van der Waals surface area contributed by atoms with E-state index in [1.807, 2.05) is 0 Å². The van der Waals surface area contributed by atoms with Crippen LogP contribution in [0.3, 0.4) is 0 Å². The third-order valence-corrected chi connectivity index (χ3v) is 1.11. The largest absolute Gasteiger partial charge is 0.453 e. The smallest absolute Gasteiger partial charge is 0.286 e. The van der Waals surface area contributed by atoms with Gasteiger partial charge in [0.25, 0.3) is 5.78 Å². The number of carbonyl (C=O) groups is 1. The molecule has 0 aromatic carbocycles. The van der Waals surface area contributed by atoms with Crippen molar-refractivity contribution >= 4 is 5.78 Å². The van der Waals surface area contributed by atoms with E-state index in [1.54, 1.807) is 0 Å². The van der Waals surface area contributed by atoms with Crippen LogP contribution in [-0.4, -0.2) is 18.1 Å². The van der Waals surface area contributed by atoms with Gasteiger partial charge < -0.3 is 0 Å². The van der Waals surface area contributed by atoms with Gasteiger partial charge in [0, 0.05) is 0 Å². The molecule has 0 fully saturated rings. The molecular formula is C6H8F4O. The molecule has 11 heavy (non-hydrogen) atoms. The van der Waals surface area contributed by atoms with Crippen molar-refractivity contribution in [3.63, 3.8) is 0 Å². The predicted molar refractivity (Wildman–Crippen MR) is 30.9 cm³/mol. The van der Waals surface area contributed by atoms with Gasteiger partial charge in [-0.15, -0.1) is 0 Å². The fourth-order valence-corrected chi connectivity index (χ4v) is 0.562. The highest BCUT2D eigenvalue weighted by atomic mass is 19.4. The van der Waals surface area contributed by atoms with Crippen LogP contribution in [0.4, 0.5) is 17.6 Å². The van der Waals surface area contributed by atoms with Crippen molar-refractivity contribution in [1.29, 1.82) is 0 Å². The third kappa shape index (κ3) is 3.34. The van der Waals surface area contributed by atoms with Gasteiger partial charge in [-0.05, 0) is 6.42 Å². The molecule has 0 heterocycles. The van der Waals surface area contributed by atoms with E-state index in [0.717, 1.165) is 0 Å². The van der Waals surface area contributed by atoms with Gasteiger partial charge in [0.2, 0.25) is 0 Å². The first-order valence-corrected chi connectivity index (χ1v) is 3.14. The minimum atomic E-state index is -5.03. The Morgan fingerprint density at radius 3 is 2.18 bits per heavy atom. The Morgan fingerprint density at radius 1 is 1.45 bits per heavy atom. The number of Topliss-reactive ketones (excluding diaryl/α,β-unsaturated/α-hetero) is 1. The van der Waals surface area contributed by atoms with Crippen LogP contribution >= 0.6 is 0 Å². The number of ketones is 1. The maximum Gasteiger partial charge on any atom is 0.453 e. The fourth-order valence-electron chi connectivity index (χ4n) is 0.562. The van der Waals surface area contributed by atoms with E-state index in [4.69, 9.17) is 0 Å². The third-order valence-electron chi connectivity index (χ3n) is 1.11. The highest BCUT2D eigenvalue weighted by molar-refractivity contribution is 5.88. The number of carbonyl (C=O) groups excluding carboxylic acids is 1. The zero-order chi connectivity index (χ0) is 9.07. The van der Waals surface area contributed by atoms with Crippen molar-refractivity contribution in [3.8, 4) is 0 Å². The zero-order valence-electron chi connectivity index (χ0n) is 5.91. The van der Waals surface area contributed by atoms with Crippen molar-refractivity contribution in [2.24, 2.45) is 0 Å². The topological polar surface area (TPSA) is 17.1 Å². The highest BCUT2D eigenvalue weighted by Gasteiger charge is 2.43. The average molecular weight is 172 g/mol. The average Bonchev–Trinajstić information content (AvgIpc) is 1.85. The Bertz CT molecular complexity index is 140. The van der Waals surface area contributed by atoms with Gasteiger partial charge in [-0.3, -0.25) is 4.79 Å². The summed E-state index contributed by atoms with van der Waals surface area (Å²) in [6.07, 6.45) is -7.56. The quantitative estimate of drug-likeness (QED) is 0.596. The Kier molecular flexibility index (Phi) is 3.48. The first-order chi connectivity index (χ1) is 4.89. The summed E-state index contributed by atoms with van der Waals surface area (Å²) in [5.41, 5.74) is 0. The molecule has 0 aromatic heterocycles. The summed E-state index contributed by atoms with van der Waals surface area (Å²) in [5, 5.41) is 0. The zero-order valence-corrected chi connectivity index (χ0v) is 5.91. The first-order valence-electron chi connectivity index (χ1n) is 3.14. The summed E-state index contributed by atoms with van der Waals surface area (Å²) in [5.74, 6) is -2.28. The Labute approximate surface area is 61.4 Å². The summed E-state index contributed by atoms with van der Waals surface area (Å²) in [7, 11) is 0. The molecule has 1 atom stereocenters. The summed E-state index contributed by atoms with van der Waals surface area (Å²) in [6, 6.07) is 0. The molecule has 5 heteroatoms. The van der Waals surface area contributed by atoms with Crippen molar-refractivity contribution in [2.75, 3.05) is 0 Å². The lowest BCUT2D eigenvalue weighted by molar-refractivity contribution is -0.176. The molecule has 0 rings (SSSR count). The standard InChI is InChI=1S/C6H8F4O/c1-2-3-4(7)5(11)6(8,9)10/h4H,2-3H2,1H3. The van der Waals surface area contributed by atoms with Gasteiger partial charge in [-0.1, -0.05) is 13.3 Å². The number of rotatable bonds is 3. The van der Waals surface area contributed by atoms with Crippen LogP contribution in [0.5, 0.6) is 0 Å². The molecule has 0 N–H and O–H groups in total. The lowest BCUT2D eigenvalue weighted by Crippen LogP contribution is -2.31. The second-order valence-electron chi connectivity index (χ2n) is 2.12. The van der Waals surface area contributed by atoms with Gasteiger partial charge in [0.15, 0.2) is 6.17 Å². The molecule has 0 bridgehead atoms. The molecule has 0 radical (unpaired) electrons. The molecule has 0 aromatic rings. The molecular weight excluding hydrogens is 164 g/mol. The molecule has 0 aliphatic rings.